The summed E-state index contributed by atoms with van der Waals surface area (Å²) in [5, 5.41) is 0. The maximum atomic E-state index is 5.91. The summed E-state index contributed by atoms with van der Waals surface area (Å²) in [7, 11) is 0. The number of nitrogens with two attached hydrogens (primary N) is 1. The van der Waals surface area contributed by atoms with Crippen LogP contribution in [0.5, 0.6) is 5.75 Å². The van der Waals surface area contributed by atoms with E-state index in [2.05, 4.69) is 33.7 Å². The number of benzene rings is 1. The topological polar surface area (TPSA) is 77.2 Å². The smallest absolute Gasteiger partial charge is 0.153 e. The minimum atomic E-state index is 0.387. The Morgan fingerprint density at radius 2 is 1.92 bits per heavy atom. The quantitative estimate of drug-likeness (QED) is 0.714. The van der Waals surface area contributed by atoms with Crippen LogP contribution in [0.2, 0.25) is 0 Å². The molecule has 3 rings (SSSR count). The number of aromatic nitrogens is 3. The Morgan fingerprint density at radius 3 is 2.72 bits per heavy atom. The van der Waals surface area contributed by atoms with Crippen molar-refractivity contribution >= 4 is 16.9 Å². The van der Waals surface area contributed by atoms with Crippen LogP contribution in [-0.4, -0.2) is 46.1 Å². The third-order valence-electron chi connectivity index (χ3n) is 4.21. The Balaban J connectivity index is 1.78. The highest BCUT2D eigenvalue weighted by molar-refractivity contribution is 5.85. The fourth-order valence-electron chi connectivity index (χ4n) is 2.70. The molecule has 2 heterocycles. The zero-order chi connectivity index (χ0) is 17.6. The monoisotopic (exact) mass is 337 g/mol. The van der Waals surface area contributed by atoms with E-state index in [1.54, 1.807) is 0 Å². The van der Waals surface area contributed by atoms with Crippen molar-refractivity contribution in [2.45, 2.75) is 13.8 Å². The van der Waals surface area contributed by atoms with Gasteiger partial charge in [0, 0.05) is 12.1 Å². The van der Waals surface area contributed by atoms with Gasteiger partial charge in [-0.15, -0.1) is 0 Å². The lowest BCUT2D eigenvalue weighted by molar-refractivity contribution is 0.223. The van der Waals surface area contributed by atoms with Crippen LogP contribution < -0.4 is 10.5 Å². The van der Waals surface area contributed by atoms with Gasteiger partial charge >= 0.3 is 0 Å². The van der Waals surface area contributed by atoms with Crippen LogP contribution in [0, 0.1) is 0 Å². The highest BCUT2D eigenvalue weighted by Crippen LogP contribution is 2.25. The highest BCUT2D eigenvalue weighted by Gasteiger charge is 2.07. The maximum Gasteiger partial charge on any atom is 0.153 e. The Morgan fingerprint density at radius 1 is 1.08 bits per heavy atom. The van der Waals surface area contributed by atoms with E-state index in [1.807, 2.05) is 36.4 Å². The Hall–Kier alpha value is -2.73. The first-order valence-corrected chi connectivity index (χ1v) is 8.54. The molecule has 6 nitrogen and oxygen atoms in total. The van der Waals surface area contributed by atoms with Gasteiger partial charge in [0.05, 0.1) is 11.2 Å². The molecule has 0 amide bonds. The normalized spacial score (nSPS) is 11.2. The molecule has 2 N–H and O–H groups in total. The standard InChI is InChI=1S/C19H23N5O/c1-3-24(4-2)10-11-25-15-7-5-6-14(12-15)16-8-9-17-18(23-16)19(20)22-13-21-17/h5-9,12-13H,3-4,10-11H2,1-2H3,(H2,20,21,22). The SMILES string of the molecule is CCN(CC)CCOc1cccc(-c2ccc3ncnc(N)c3n2)c1. The van der Waals surface area contributed by atoms with Gasteiger partial charge in [-0.05, 0) is 37.4 Å². The summed E-state index contributed by atoms with van der Waals surface area (Å²) in [6.45, 7) is 7.96. The average molecular weight is 337 g/mol. The summed E-state index contributed by atoms with van der Waals surface area (Å²) in [6.07, 6.45) is 1.45. The molecule has 1 aromatic carbocycles. The van der Waals surface area contributed by atoms with E-state index in [1.165, 1.54) is 6.33 Å². The summed E-state index contributed by atoms with van der Waals surface area (Å²) >= 11 is 0. The van der Waals surface area contributed by atoms with E-state index in [-0.39, 0.29) is 0 Å². The molecule has 0 unspecified atom stereocenters. The van der Waals surface area contributed by atoms with Gasteiger partial charge in [-0.25, -0.2) is 15.0 Å². The van der Waals surface area contributed by atoms with Gasteiger partial charge in [-0.1, -0.05) is 26.0 Å². The van der Waals surface area contributed by atoms with Gasteiger partial charge in [-0.2, -0.15) is 0 Å². The van der Waals surface area contributed by atoms with E-state index in [4.69, 9.17) is 10.5 Å². The third kappa shape index (κ3) is 4.03. The second-order valence-corrected chi connectivity index (χ2v) is 5.73. The minimum Gasteiger partial charge on any atom is -0.492 e. The Kier molecular flexibility index (Phi) is 5.40. The van der Waals surface area contributed by atoms with Crippen molar-refractivity contribution in [3.05, 3.63) is 42.7 Å². The molecule has 6 heteroatoms. The molecule has 0 atom stereocenters. The first-order chi connectivity index (χ1) is 12.2. The van der Waals surface area contributed by atoms with E-state index < -0.39 is 0 Å². The van der Waals surface area contributed by atoms with Gasteiger partial charge in [0.25, 0.3) is 0 Å². The first kappa shape index (κ1) is 17.1. The van der Waals surface area contributed by atoms with Crippen molar-refractivity contribution in [1.29, 1.82) is 0 Å². The lowest BCUT2D eigenvalue weighted by atomic mass is 10.1. The Bertz CT molecular complexity index is 848. The average Bonchev–Trinajstić information content (AvgIpc) is 2.66. The molecule has 3 aromatic rings. The number of pyridine rings is 1. The molecular formula is C19H23N5O. The fourth-order valence-corrected chi connectivity index (χ4v) is 2.70. The van der Waals surface area contributed by atoms with Crippen molar-refractivity contribution in [1.82, 2.24) is 19.9 Å². The van der Waals surface area contributed by atoms with E-state index >= 15 is 0 Å². The van der Waals surface area contributed by atoms with Crippen LogP contribution >= 0.6 is 0 Å². The molecule has 0 aliphatic heterocycles. The van der Waals surface area contributed by atoms with Gasteiger partial charge in [0.1, 0.15) is 24.2 Å². The lowest BCUT2D eigenvalue weighted by Gasteiger charge is -2.18. The molecule has 0 aliphatic rings. The molecule has 0 fully saturated rings. The van der Waals surface area contributed by atoms with Crippen LogP contribution in [-0.2, 0) is 0 Å². The van der Waals surface area contributed by atoms with Crippen LogP contribution in [0.4, 0.5) is 5.82 Å². The van der Waals surface area contributed by atoms with Crippen LogP contribution in [0.1, 0.15) is 13.8 Å². The number of nitrogen functional groups attached to an aromatic ring is 1. The molecule has 0 aliphatic carbocycles. The number of fused-ring (bicyclic) bond motifs is 1. The molecule has 2 aromatic heterocycles. The fraction of sp³-hybridized carbons (Fsp3) is 0.316. The van der Waals surface area contributed by atoms with Crippen molar-refractivity contribution in [3.8, 4) is 17.0 Å². The van der Waals surface area contributed by atoms with Crippen molar-refractivity contribution in [3.63, 3.8) is 0 Å². The summed E-state index contributed by atoms with van der Waals surface area (Å²) in [5.41, 5.74) is 9.07. The van der Waals surface area contributed by atoms with Crippen LogP contribution in [0.3, 0.4) is 0 Å². The third-order valence-corrected chi connectivity index (χ3v) is 4.21. The van der Waals surface area contributed by atoms with E-state index in [0.717, 1.165) is 42.2 Å². The van der Waals surface area contributed by atoms with Gasteiger partial charge in [0.15, 0.2) is 5.82 Å². The molecule has 0 bridgehead atoms. The first-order valence-electron chi connectivity index (χ1n) is 8.54. The van der Waals surface area contributed by atoms with Gasteiger partial charge in [0.2, 0.25) is 0 Å². The predicted molar refractivity (Wildman–Crippen MR) is 100 cm³/mol. The number of nitrogens with zero attached hydrogens (tertiary/aromatic N) is 4. The summed E-state index contributed by atoms with van der Waals surface area (Å²) in [5.74, 6) is 1.22. The number of anilines is 1. The molecule has 0 saturated carbocycles. The Labute approximate surface area is 147 Å². The number of hydrogen-bond acceptors (Lipinski definition) is 6. The number of hydrogen-bond donors (Lipinski definition) is 1. The molecule has 130 valence electrons. The predicted octanol–water partition coefficient (Wildman–Crippen LogP) is 2.99. The second kappa shape index (κ2) is 7.90. The van der Waals surface area contributed by atoms with Gasteiger partial charge in [-0.3, -0.25) is 0 Å². The number of likely N-dealkylation sites (N-methyl/N-ethyl adjacent to an activating group) is 1. The zero-order valence-electron chi connectivity index (χ0n) is 14.6. The molecule has 0 spiro atoms. The maximum absolute atomic E-state index is 5.91. The van der Waals surface area contributed by atoms with E-state index in [9.17, 15) is 0 Å². The van der Waals surface area contributed by atoms with Crippen molar-refractivity contribution in [2.75, 3.05) is 32.0 Å². The van der Waals surface area contributed by atoms with E-state index in [0.29, 0.717) is 17.9 Å². The number of ether oxygens (including phenoxy) is 1. The molecule has 0 saturated heterocycles. The van der Waals surface area contributed by atoms with Crippen LogP contribution in [0.25, 0.3) is 22.3 Å². The minimum absolute atomic E-state index is 0.387. The lowest BCUT2D eigenvalue weighted by Crippen LogP contribution is -2.27. The van der Waals surface area contributed by atoms with Crippen molar-refractivity contribution in [2.24, 2.45) is 0 Å². The molecule has 25 heavy (non-hydrogen) atoms. The summed E-state index contributed by atoms with van der Waals surface area (Å²) < 4.78 is 5.89. The zero-order valence-corrected chi connectivity index (χ0v) is 14.6. The van der Waals surface area contributed by atoms with Crippen molar-refractivity contribution < 1.29 is 4.74 Å². The summed E-state index contributed by atoms with van der Waals surface area (Å²) in [6, 6.07) is 11.8. The highest BCUT2D eigenvalue weighted by atomic mass is 16.5. The number of rotatable bonds is 7. The van der Waals surface area contributed by atoms with Crippen LogP contribution in [0.15, 0.2) is 42.7 Å². The second-order valence-electron chi connectivity index (χ2n) is 5.73. The molecule has 0 radical (unpaired) electrons. The summed E-state index contributed by atoms with van der Waals surface area (Å²) in [4.78, 5) is 15.1. The van der Waals surface area contributed by atoms with Gasteiger partial charge < -0.3 is 15.4 Å². The largest absolute Gasteiger partial charge is 0.492 e. The molecular weight excluding hydrogens is 314 g/mol.